The highest BCUT2D eigenvalue weighted by molar-refractivity contribution is 8.13. The molecule has 0 spiro atoms. The van der Waals surface area contributed by atoms with Crippen LogP contribution in [0.25, 0.3) is 34.1 Å². The Morgan fingerprint density at radius 3 is 1.46 bits per heavy atom. The van der Waals surface area contributed by atoms with Crippen LogP contribution in [0.2, 0.25) is 0 Å². The van der Waals surface area contributed by atoms with Crippen LogP contribution < -0.4 is 19.6 Å². The molecule has 85 heavy (non-hydrogen) atoms. The predicted octanol–water partition coefficient (Wildman–Crippen LogP) is 11.1. The molecule has 4 fully saturated rings. The van der Waals surface area contributed by atoms with Gasteiger partial charge in [0.2, 0.25) is 0 Å². The Balaban J connectivity index is 0.000000156. The number of aliphatic hydroxyl groups is 1. The molecular formula is C64H75ClF2N14O3S. The number of piperazine rings is 2. The maximum Gasteiger partial charge on any atom is 0.261 e. The van der Waals surface area contributed by atoms with Gasteiger partial charge in [0.25, 0.3) is 9.05 Å². The summed E-state index contributed by atoms with van der Waals surface area (Å²) in [5.41, 5.74) is 7.94. The van der Waals surface area contributed by atoms with E-state index in [2.05, 4.69) is 58.4 Å². The lowest BCUT2D eigenvalue weighted by Gasteiger charge is -2.35. The number of imidazole rings is 2. The molecule has 0 aliphatic carbocycles. The molecule has 6 aromatic heterocycles. The molecule has 17 nitrogen and oxygen atoms in total. The number of β-amino-alcohol motifs (C(OH)–C–C–N with tert-alkyl or cyclic N) is 1. The van der Waals surface area contributed by atoms with Crippen molar-refractivity contribution in [2.75, 3.05) is 105 Å². The first-order chi connectivity index (χ1) is 41.8. The first-order valence-electron chi connectivity index (χ1n) is 30.1. The number of nitrogens with zero attached hydrogens (tertiary/aromatic N) is 14. The number of benzene rings is 3. The van der Waals surface area contributed by atoms with E-state index in [1.807, 2.05) is 89.0 Å². The third kappa shape index (κ3) is 14.6. The minimum absolute atomic E-state index is 0.101. The van der Waals surface area contributed by atoms with Gasteiger partial charge < -0.3 is 24.7 Å². The summed E-state index contributed by atoms with van der Waals surface area (Å²) >= 11 is 0. The topological polar surface area (TPSA) is 160 Å². The van der Waals surface area contributed by atoms with Crippen LogP contribution in [-0.2, 0) is 9.05 Å². The van der Waals surface area contributed by atoms with Gasteiger partial charge in [-0.25, -0.2) is 46.2 Å². The first-order valence-corrected chi connectivity index (χ1v) is 31.7. The van der Waals surface area contributed by atoms with E-state index in [4.69, 9.17) is 32.2 Å². The van der Waals surface area contributed by atoms with Gasteiger partial charge in [-0.15, -0.1) is 10.2 Å². The molecule has 1 N–H and O–H groups in total. The molecule has 4 aliphatic rings. The number of pyridine rings is 2. The quantitative estimate of drug-likeness (QED) is 0.109. The van der Waals surface area contributed by atoms with E-state index < -0.39 is 9.05 Å². The van der Waals surface area contributed by atoms with Gasteiger partial charge in [0.15, 0.2) is 11.3 Å². The summed E-state index contributed by atoms with van der Waals surface area (Å²) in [6.45, 7) is 17.9. The van der Waals surface area contributed by atoms with E-state index in [0.717, 1.165) is 172 Å². The minimum atomic E-state index is -3.55. The van der Waals surface area contributed by atoms with Gasteiger partial charge in [0, 0.05) is 84.0 Å². The van der Waals surface area contributed by atoms with Crippen molar-refractivity contribution in [3.05, 3.63) is 174 Å². The molecule has 0 radical (unpaired) electrons. The van der Waals surface area contributed by atoms with Gasteiger partial charge in [-0.3, -0.25) is 9.80 Å². The normalized spacial score (nSPS) is 17.7. The number of halogens is 3. The zero-order chi connectivity index (χ0) is 60.2. The molecule has 0 amide bonds. The van der Waals surface area contributed by atoms with Crippen molar-refractivity contribution in [1.29, 1.82) is 0 Å². The second-order valence-electron chi connectivity index (χ2n) is 21.4. The average Bonchev–Trinajstić information content (AvgIpc) is 1.96. The fourth-order valence-electron chi connectivity index (χ4n) is 11.6. The van der Waals surface area contributed by atoms with Crippen molar-refractivity contribution >= 4 is 54.3 Å². The average molecular weight is 1190 g/mol. The van der Waals surface area contributed by atoms with Crippen LogP contribution >= 0.6 is 10.7 Å². The summed E-state index contributed by atoms with van der Waals surface area (Å²) < 4.78 is 59.2. The molecule has 446 valence electrons. The van der Waals surface area contributed by atoms with Gasteiger partial charge in [-0.05, 0) is 142 Å². The largest absolute Gasteiger partial charge is 0.395 e. The van der Waals surface area contributed by atoms with Crippen molar-refractivity contribution in [2.45, 2.75) is 76.8 Å². The highest BCUT2D eigenvalue weighted by Crippen LogP contribution is 2.38. The second-order valence-corrected chi connectivity index (χ2v) is 24.0. The molecule has 3 aromatic carbocycles. The molecule has 4 saturated heterocycles. The van der Waals surface area contributed by atoms with Crippen LogP contribution in [0, 0.1) is 18.6 Å². The third-order valence-electron chi connectivity index (χ3n) is 15.9. The van der Waals surface area contributed by atoms with Gasteiger partial charge in [0.1, 0.15) is 46.3 Å². The fourth-order valence-corrected chi connectivity index (χ4v) is 12.4. The number of fused-ring (bicyclic) bond motifs is 2. The van der Waals surface area contributed by atoms with E-state index in [9.17, 15) is 22.3 Å². The number of aryl methyl sites for hydroxylation is 1. The van der Waals surface area contributed by atoms with Gasteiger partial charge in [-0.2, -0.15) is 0 Å². The van der Waals surface area contributed by atoms with Crippen molar-refractivity contribution < 1.29 is 23.7 Å². The highest BCUT2D eigenvalue weighted by Gasteiger charge is 2.30. The molecule has 4 aliphatic heterocycles. The molecule has 13 rings (SSSR count). The smallest absolute Gasteiger partial charge is 0.261 e. The van der Waals surface area contributed by atoms with Crippen molar-refractivity contribution in [1.82, 2.24) is 49.0 Å². The number of rotatable bonds is 13. The SMILES string of the molecule is CCCN1CCN(c2cccc(-c3cnc4ccc(N5CCC[C@@H]5c5cccc(F)c5)nn34)n2)CC1.Cc1ccc(S(=O)(=O)Cl)cc1.OCCN1CCN(c2cccc(-c3cnc4ccc(N5CCC[C@@H]5c5cccc(F)c5)nn34)n2)CC1.[2H]CC. The Morgan fingerprint density at radius 1 is 0.588 bits per heavy atom. The molecular weight excluding hydrogens is 1120 g/mol. The van der Waals surface area contributed by atoms with Crippen molar-refractivity contribution in [3.8, 4) is 22.8 Å². The Bertz CT molecular complexity index is 3580. The van der Waals surface area contributed by atoms with E-state index >= 15 is 0 Å². The number of aliphatic hydroxyl groups excluding tert-OH is 1. The summed E-state index contributed by atoms with van der Waals surface area (Å²) in [5, 5.41) is 19.2. The van der Waals surface area contributed by atoms with Gasteiger partial charge >= 0.3 is 0 Å². The van der Waals surface area contributed by atoms with Crippen LogP contribution in [0.3, 0.4) is 0 Å². The summed E-state index contributed by atoms with van der Waals surface area (Å²) in [7, 11) is 1.54. The molecule has 10 heterocycles. The van der Waals surface area contributed by atoms with Crippen LogP contribution in [-0.4, -0.2) is 148 Å². The lowest BCUT2D eigenvalue weighted by Crippen LogP contribution is -2.47. The number of hydrogen-bond donors (Lipinski definition) is 1. The van der Waals surface area contributed by atoms with E-state index in [0.29, 0.717) is 13.4 Å². The van der Waals surface area contributed by atoms with Crippen LogP contribution in [0.4, 0.5) is 32.1 Å². The predicted molar refractivity (Wildman–Crippen MR) is 334 cm³/mol. The van der Waals surface area contributed by atoms with Gasteiger partial charge in [0.05, 0.1) is 47.4 Å². The zero-order valence-corrected chi connectivity index (χ0v) is 50.1. The zero-order valence-electron chi connectivity index (χ0n) is 49.5. The molecule has 21 heteroatoms. The van der Waals surface area contributed by atoms with Crippen LogP contribution in [0.15, 0.2) is 151 Å². The molecule has 9 aromatic rings. The summed E-state index contributed by atoms with van der Waals surface area (Å²) in [6, 6.07) is 40.7. The molecule has 0 bridgehead atoms. The number of hydrogen-bond acceptors (Lipinski definition) is 15. The van der Waals surface area contributed by atoms with E-state index in [1.165, 1.54) is 30.7 Å². The Kier molecular flexibility index (Phi) is 19.5. The highest BCUT2D eigenvalue weighted by atomic mass is 35.7. The maximum atomic E-state index is 13.9. The van der Waals surface area contributed by atoms with Crippen LogP contribution in [0.1, 0.15) is 83.0 Å². The second kappa shape index (κ2) is 28.1. The lowest BCUT2D eigenvalue weighted by molar-refractivity contribution is 0.188. The summed E-state index contributed by atoms with van der Waals surface area (Å²) in [6.07, 6.45) is 8.90. The third-order valence-corrected chi connectivity index (χ3v) is 17.3. The monoisotopic (exact) mass is 1190 g/mol. The van der Waals surface area contributed by atoms with Crippen LogP contribution in [0.5, 0.6) is 0 Å². The fraction of sp³-hybridized carbons (Fsp3) is 0.375. The standard InChI is InChI=1S/C28H32FN7.C27H30FN7O.C7H7ClO2S.C2H6/c1-2-13-33-15-17-34(18-16-33)27-10-4-8-23(31-27)25-20-30-26-11-12-28(32-36(25)26)35-14-5-9-24(35)21-6-3-7-22(29)19-21;28-21-5-1-4-20(18-21)23-7-3-11-34(23)27-10-9-25-29-19-24(35(25)31-27)22-6-2-8-26(30-22)33-14-12-32(13-15-33)16-17-36;1-6-2-4-7(5-3-6)11(8,9)10;1-2/h3-4,6-8,10-12,19-20,24H,2,5,9,13-18H2,1H3;1-2,4-6,8-10,18-19,23,36H,3,7,11-17H2;2-5H,1H3;1-2H3/t24-;23-;;/m11../s1/i;;;1D. The summed E-state index contributed by atoms with van der Waals surface area (Å²) in [4.78, 5) is 33.3. The molecule has 2 atom stereocenters. The minimum Gasteiger partial charge on any atom is -0.395 e. The van der Waals surface area contributed by atoms with E-state index in [-0.39, 0.29) is 35.2 Å². The van der Waals surface area contributed by atoms with Gasteiger partial charge in [-0.1, -0.05) is 74.8 Å². The summed E-state index contributed by atoms with van der Waals surface area (Å²) in [5.74, 6) is 3.26. The number of anilines is 4. The Morgan fingerprint density at radius 2 is 1.04 bits per heavy atom. The number of aromatic nitrogens is 8. The Labute approximate surface area is 503 Å². The Hall–Kier alpha value is -7.62. The first kappa shape index (κ1) is 59.1. The van der Waals surface area contributed by atoms with E-state index in [1.54, 1.807) is 43.3 Å². The lowest BCUT2D eigenvalue weighted by atomic mass is 10.0. The molecule has 0 saturated carbocycles. The molecule has 0 unspecified atom stereocenters. The van der Waals surface area contributed by atoms with Crippen molar-refractivity contribution in [2.24, 2.45) is 0 Å². The van der Waals surface area contributed by atoms with Crippen molar-refractivity contribution in [3.63, 3.8) is 0 Å². The maximum absolute atomic E-state index is 13.9.